The second kappa shape index (κ2) is 6.86. The Bertz CT molecular complexity index is 371. The van der Waals surface area contributed by atoms with Gasteiger partial charge in [-0.25, -0.2) is 0 Å². The van der Waals surface area contributed by atoms with Crippen LogP contribution in [0, 0.1) is 5.92 Å². The van der Waals surface area contributed by atoms with Crippen LogP contribution >= 0.6 is 0 Å². The van der Waals surface area contributed by atoms with Crippen molar-refractivity contribution in [3.8, 4) is 0 Å². The zero-order chi connectivity index (χ0) is 12.7. The molecule has 3 heteroatoms. The van der Waals surface area contributed by atoms with E-state index in [1.165, 1.54) is 6.08 Å². The number of amides is 1. The average molecular weight is 233 g/mol. The molecule has 92 valence electrons. The van der Waals surface area contributed by atoms with Crippen molar-refractivity contribution < 1.29 is 9.90 Å². The summed E-state index contributed by atoms with van der Waals surface area (Å²) in [6.07, 6.45) is 3.24. The molecule has 0 aliphatic carbocycles. The molecule has 1 aromatic rings. The van der Waals surface area contributed by atoms with Gasteiger partial charge in [-0.2, -0.15) is 0 Å². The Labute approximate surface area is 102 Å². The van der Waals surface area contributed by atoms with Crippen molar-refractivity contribution in [2.75, 3.05) is 6.61 Å². The SMILES string of the molecule is CC(C)C(CO)NC(=O)C=Cc1ccccc1. The molecule has 0 radical (unpaired) electrons. The third-order valence-electron chi connectivity index (χ3n) is 2.56. The molecule has 1 aromatic carbocycles. The number of nitrogens with one attached hydrogen (secondary N) is 1. The maximum absolute atomic E-state index is 11.6. The Morgan fingerprint density at radius 2 is 2.00 bits per heavy atom. The van der Waals surface area contributed by atoms with Crippen molar-refractivity contribution in [1.82, 2.24) is 5.32 Å². The maximum atomic E-state index is 11.6. The second-order valence-electron chi connectivity index (χ2n) is 4.29. The van der Waals surface area contributed by atoms with Crippen LogP contribution in [0.5, 0.6) is 0 Å². The fraction of sp³-hybridized carbons (Fsp3) is 0.357. The zero-order valence-corrected chi connectivity index (χ0v) is 10.3. The van der Waals surface area contributed by atoms with Gasteiger partial charge in [0.25, 0.3) is 0 Å². The largest absolute Gasteiger partial charge is 0.394 e. The molecule has 0 aliphatic heterocycles. The molecule has 0 bridgehead atoms. The molecule has 0 aliphatic rings. The van der Waals surface area contributed by atoms with Crippen molar-refractivity contribution in [1.29, 1.82) is 0 Å². The number of hydrogen-bond acceptors (Lipinski definition) is 2. The van der Waals surface area contributed by atoms with E-state index in [9.17, 15) is 4.79 Å². The van der Waals surface area contributed by atoms with Crippen molar-refractivity contribution in [2.45, 2.75) is 19.9 Å². The summed E-state index contributed by atoms with van der Waals surface area (Å²) in [5, 5.41) is 11.9. The van der Waals surface area contributed by atoms with Crippen LogP contribution in [0.2, 0.25) is 0 Å². The third-order valence-corrected chi connectivity index (χ3v) is 2.56. The number of carbonyl (C=O) groups excluding carboxylic acids is 1. The summed E-state index contributed by atoms with van der Waals surface area (Å²) in [6.45, 7) is 3.88. The second-order valence-corrected chi connectivity index (χ2v) is 4.29. The minimum atomic E-state index is -0.192. The van der Waals surface area contributed by atoms with Crippen LogP contribution in [-0.2, 0) is 4.79 Å². The fourth-order valence-electron chi connectivity index (χ4n) is 1.39. The summed E-state index contributed by atoms with van der Waals surface area (Å²) in [7, 11) is 0. The fourth-order valence-corrected chi connectivity index (χ4v) is 1.39. The number of aliphatic hydroxyl groups is 1. The Balaban J connectivity index is 2.52. The van der Waals surface area contributed by atoms with Crippen LogP contribution < -0.4 is 5.32 Å². The zero-order valence-electron chi connectivity index (χ0n) is 10.3. The average Bonchev–Trinajstić information content (AvgIpc) is 2.34. The van der Waals surface area contributed by atoms with Gasteiger partial charge in [0, 0.05) is 6.08 Å². The third kappa shape index (κ3) is 4.83. The van der Waals surface area contributed by atoms with Crippen molar-refractivity contribution in [3.63, 3.8) is 0 Å². The van der Waals surface area contributed by atoms with Crippen molar-refractivity contribution in [3.05, 3.63) is 42.0 Å². The number of benzene rings is 1. The Morgan fingerprint density at radius 1 is 1.35 bits per heavy atom. The minimum Gasteiger partial charge on any atom is -0.394 e. The van der Waals surface area contributed by atoms with E-state index < -0.39 is 0 Å². The van der Waals surface area contributed by atoms with E-state index >= 15 is 0 Å². The smallest absolute Gasteiger partial charge is 0.244 e. The lowest BCUT2D eigenvalue weighted by atomic mass is 10.1. The maximum Gasteiger partial charge on any atom is 0.244 e. The number of hydrogen-bond donors (Lipinski definition) is 2. The van der Waals surface area contributed by atoms with Crippen LogP contribution in [-0.4, -0.2) is 23.7 Å². The van der Waals surface area contributed by atoms with E-state index in [4.69, 9.17) is 5.11 Å². The number of carbonyl (C=O) groups is 1. The molecule has 0 saturated carbocycles. The number of aliphatic hydroxyl groups excluding tert-OH is 1. The van der Waals surface area contributed by atoms with Gasteiger partial charge in [-0.3, -0.25) is 4.79 Å². The van der Waals surface area contributed by atoms with Gasteiger partial charge in [-0.05, 0) is 17.6 Å². The molecular weight excluding hydrogens is 214 g/mol. The van der Waals surface area contributed by atoms with Gasteiger partial charge in [0.2, 0.25) is 5.91 Å². The lowest BCUT2D eigenvalue weighted by molar-refractivity contribution is -0.117. The summed E-state index contributed by atoms with van der Waals surface area (Å²) >= 11 is 0. The predicted octanol–water partition coefficient (Wildman–Crippen LogP) is 1.83. The van der Waals surface area contributed by atoms with Crippen LogP contribution in [0.3, 0.4) is 0 Å². The molecular formula is C14H19NO2. The Hall–Kier alpha value is -1.61. The molecule has 2 N–H and O–H groups in total. The summed E-state index contributed by atoms with van der Waals surface area (Å²) in [6, 6.07) is 9.43. The summed E-state index contributed by atoms with van der Waals surface area (Å²) in [5.41, 5.74) is 0.979. The van der Waals surface area contributed by atoms with Gasteiger partial charge in [0.05, 0.1) is 12.6 Å². The van der Waals surface area contributed by atoms with E-state index in [0.29, 0.717) is 0 Å². The molecule has 0 saturated heterocycles. The monoisotopic (exact) mass is 233 g/mol. The van der Waals surface area contributed by atoms with Gasteiger partial charge in [-0.15, -0.1) is 0 Å². The lowest BCUT2D eigenvalue weighted by Crippen LogP contribution is -2.40. The quantitative estimate of drug-likeness (QED) is 0.762. The Morgan fingerprint density at radius 3 is 2.53 bits per heavy atom. The molecule has 1 rings (SSSR count). The van der Waals surface area contributed by atoms with Crippen LogP contribution in [0.25, 0.3) is 6.08 Å². The van der Waals surface area contributed by atoms with E-state index in [0.717, 1.165) is 5.56 Å². The summed E-state index contributed by atoms with van der Waals surface area (Å²) in [5.74, 6) is 0.0377. The predicted molar refractivity (Wildman–Crippen MR) is 69.3 cm³/mol. The van der Waals surface area contributed by atoms with Crippen molar-refractivity contribution in [2.24, 2.45) is 5.92 Å². The van der Waals surface area contributed by atoms with Crippen molar-refractivity contribution >= 4 is 12.0 Å². The van der Waals surface area contributed by atoms with Crippen LogP contribution in [0.1, 0.15) is 19.4 Å². The first-order valence-electron chi connectivity index (χ1n) is 5.78. The molecule has 0 heterocycles. The molecule has 1 unspecified atom stereocenters. The summed E-state index contributed by atoms with van der Waals surface area (Å²) < 4.78 is 0. The Kier molecular flexibility index (Phi) is 5.43. The van der Waals surface area contributed by atoms with Crippen LogP contribution in [0.15, 0.2) is 36.4 Å². The molecule has 0 aromatic heterocycles. The van der Waals surface area contributed by atoms with Crippen LogP contribution in [0.4, 0.5) is 0 Å². The molecule has 3 nitrogen and oxygen atoms in total. The molecule has 1 atom stereocenters. The molecule has 0 spiro atoms. The highest BCUT2D eigenvalue weighted by molar-refractivity contribution is 5.91. The first kappa shape index (κ1) is 13.5. The normalized spacial score (nSPS) is 12.9. The standard InChI is InChI=1S/C14H19NO2/c1-11(2)13(10-16)15-14(17)9-8-12-6-4-3-5-7-12/h3-9,11,13,16H,10H2,1-2H3,(H,15,17). The highest BCUT2D eigenvalue weighted by Gasteiger charge is 2.12. The molecule has 0 fully saturated rings. The summed E-state index contributed by atoms with van der Waals surface area (Å²) in [4.78, 5) is 11.6. The molecule has 17 heavy (non-hydrogen) atoms. The first-order valence-corrected chi connectivity index (χ1v) is 5.78. The van der Waals surface area contributed by atoms with E-state index in [-0.39, 0.29) is 24.5 Å². The minimum absolute atomic E-state index is 0.0391. The van der Waals surface area contributed by atoms with Gasteiger partial charge in [0.1, 0.15) is 0 Å². The first-order chi connectivity index (χ1) is 8.13. The topological polar surface area (TPSA) is 49.3 Å². The van der Waals surface area contributed by atoms with Gasteiger partial charge >= 0.3 is 0 Å². The lowest BCUT2D eigenvalue weighted by Gasteiger charge is -2.18. The van der Waals surface area contributed by atoms with E-state index in [2.05, 4.69) is 5.32 Å². The highest BCUT2D eigenvalue weighted by Crippen LogP contribution is 2.02. The van der Waals surface area contributed by atoms with E-state index in [1.807, 2.05) is 44.2 Å². The van der Waals surface area contributed by atoms with E-state index in [1.54, 1.807) is 6.08 Å². The van der Waals surface area contributed by atoms with Gasteiger partial charge in [-0.1, -0.05) is 44.2 Å². The number of rotatable bonds is 5. The molecule has 1 amide bonds. The van der Waals surface area contributed by atoms with Gasteiger partial charge < -0.3 is 10.4 Å². The van der Waals surface area contributed by atoms with Gasteiger partial charge in [0.15, 0.2) is 0 Å². The highest BCUT2D eigenvalue weighted by atomic mass is 16.3.